The molecule has 3 unspecified atom stereocenters. The Morgan fingerprint density at radius 1 is 0.367 bits per heavy atom. The smallest absolute Gasteiger partial charge is 0.0199 e. The summed E-state index contributed by atoms with van der Waals surface area (Å²) in [6, 6.07) is 0. The second-order valence-corrected chi connectivity index (χ2v) is 15.7. The van der Waals surface area contributed by atoms with Crippen LogP contribution in [0.3, 0.4) is 0 Å². The third-order valence-electron chi connectivity index (χ3n) is 14.2. The van der Waals surface area contributed by atoms with Crippen molar-refractivity contribution >= 4 is 0 Å². The fourth-order valence-corrected chi connectivity index (χ4v) is 15.2. The van der Waals surface area contributed by atoms with Crippen LogP contribution in [0, 0.1) is 75.4 Å². The monoisotopic (exact) mass is 404 g/mol. The first-order valence-corrected chi connectivity index (χ1v) is 14.6. The van der Waals surface area contributed by atoms with Crippen molar-refractivity contribution in [3.05, 3.63) is 0 Å². The predicted molar refractivity (Wildman–Crippen MR) is 121 cm³/mol. The molecule has 0 amide bonds. The third-order valence-corrected chi connectivity index (χ3v) is 14.2. The minimum absolute atomic E-state index is 0.823. The molecule has 0 N–H and O–H groups in total. The zero-order valence-corrected chi connectivity index (χ0v) is 19.3. The topological polar surface area (TPSA) is 0 Å². The van der Waals surface area contributed by atoms with E-state index in [1.807, 2.05) is 0 Å². The zero-order chi connectivity index (χ0) is 19.3. The summed E-state index contributed by atoms with van der Waals surface area (Å²) in [5, 5.41) is 0. The van der Waals surface area contributed by atoms with E-state index in [0.717, 1.165) is 63.6 Å². The van der Waals surface area contributed by atoms with Gasteiger partial charge in [-0.25, -0.2) is 0 Å². The van der Waals surface area contributed by atoms with Crippen molar-refractivity contribution in [1.29, 1.82) is 0 Å². The maximum absolute atomic E-state index is 1.72. The fourth-order valence-electron chi connectivity index (χ4n) is 15.2. The van der Waals surface area contributed by atoms with Crippen molar-refractivity contribution in [2.24, 2.45) is 75.4 Å². The van der Waals surface area contributed by atoms with Crippen LogP contribution < -0.4 is 0 Å². The van der Waals surface area contributed by atoms with E-state index >= 15 is 0 Å². The van der Waals surface area contributed by atoms with Gasteiger partial charge in [-0.3, -0.25) is 0 Å². The van der Waals surface area contributed by atoms with E-state index in [9.17, 15) is 0 Å². The van der Waals surface area contributed by atoms with Gasteiger partial charge in [-0.05, 0) is 185 Å². The van der Waals surface area contributed by atoms with Gasteiger partial charge in [-0.1, -0.05) is 0 Å². The number of rotatable bonds is 2. The molecule has 0 radical (unpaired) electrons. The molecule has 3 atom stereocenters. The Morgan fingerprint density at radius 3 is 1.17 bits per heavy atom. The molecular formula is C30H44. The first kappa shape index (κ1) is 17.5. The first-order valence-electron chi connectivity index (χ1n) is 14.6. The van der Waals surface area contributed by atoms with Crippen LogP contribution in [0.2, 0.25) is 0 Å². The largest absolute Gasteiger partial charge is 0.0475 e. The number of hydrogen-bond acceptors (Lipinski definition) is 0. The molecule has 0 aromatic rings. The summed E-state index contributed by atoms with van der Waals surface area (Å²) in [6.07, 6.45) is 28.5. The highest BCUT2D eigenvalue weighted by Gasteiger charge is 2.72. The lowest BCUT2D eigenvalue weighted by Crippen LogP contribution is -2.68. The zero-order valence-electron chi connectivity index (χ0n) is 19.3. The van der Waals surface area contributed by atoms with Crippen LogP contribution in [-0.4, -0.2) is 0 Å². The van der Waals surface area contributed by atoms with E-state index in [0.29, 0.717) is 0 Å². The lowest BCUT2D eigenvalue weighted by molar-refractivity contribution is -0.276. The lowest BCUT2D eigenvalue weighted by atomic mass is 9.28. The van der Waals surface area contributed by atoms with E-state index in [1.54, 1.807) is 109 Å². The van der Waals surface area contributed by atoms with Crippen molar-refractivity contribution < 1.29 is 0 Å². The van der Waals surface area contributed by atoms with Crippen molar-refractivity contribution in [3.63, 3.8) is 0 Å². The van der Waals surface area contributed by atoms with Crippen molar-refractivity contribution in [1.82, 2.24) is 0 Å². The van der Waals surface area contributed by atoms with Gasteiger partial charge in [0.2, 0.25) is 0 Å². The lowest BCUT2D eigenvalue weighted by Gasteiger charge is -2.77. The molecule has 12 bridgehead atoms. The van der Waals surface area contributed by atoms with Crippen molar-refractivity contribution in [2.45, 2.75) is 109 Å². The maximum atomic E-state index is 1.72. The second-order valence-electron chi connectivity index (χ2n) is 15.7. The molecule has 0 heterocycles. The number of hydrogen-bond donors (Lipinski definition) is 0. The van der Waals surface area contributed by atoms with Gasteiger partial charge in [-0.2, -0.15) is 0 Å². The van der Waals surface area contributed by atoms with Gasteiger partial charge in [0.15, 0.2) is 0 Å². The van der Waals surface area contributed by atoms with Crippen molar-refractivity contribution in [2.75, 3.05) is 0 Å². The molecule has 0 nitrogen and oxygen atoms in total. The highest BCUT2D eigenvalue weighted by Crippen LogP contribution is 2.81. The Labute approximate surface area is 184 Å². The van der Waals surface area contributed by atoms with Crippen LogP contribution in [0.5, 0.6) is 0 Å². The average molecular weight is 405 g/mol. The summed E-state index contributed by atoms with van der Waals surface area (Å²) in [4.78, 5) is 0. The summed E-state index contributed by atoms with van der Waals surface area (Å²) < 4.78 is 0. The van der Waals surface area contributed by atoms with E-state index in [4.69, 9.17) is 0 Å². The van der Waals surface area contributed by atoms with Crippen molar-refractivity contribution in [3.8, 4) is 0 Å². The summed E-state index contributed by atoms with van der Waals surface area (Å²) >= 11 is 0. The minimum atomic E-state index is 0.823. The molecule has 12 aliphatic rings. The fraction of sp³-hybridized carbons (Fsp3) is 1.00. The van der Waals surface area contributed by atoms with Crippen LogP contribution in [0.1, 0.15) is 109 Å². The molecule has 0 saturated heterocycles. The van der Waals surface area contributed by atoms with Gasteiger partial charge in [0.1, 0.15) is 0 Å². The quantitative estimate of drug-likeness (QED) is 0.439. The standard InChI is InChI=1S/C30H44/c1-18-2-20-3-19(1)11-28(10-18,12-20)27-26-8-24-7-25(9-26)17-30(27,16-24)29-13-21-4-22(14-29)6-23(5-21)15-29/h18-27H,1-17H2. The Bertz CT molecular complexity index is 688. The first-order chi connectivity index (χ1) is 14.6. The molecule has 164 valence electrons. The average Bonchev–Trinajstić information content (AvgIpc) is 2.64. The molecule has 12 fully saturated rings. The highest BCUT2D eigenvalue weighted by atomic mass is 14.8. The molecule has 0 aliphatic heterocycles. The molecule has 0 spiro atoms. The van der Waals surface area contributed by atoms with E-state index in [-0.39, 0.29) is 0 Å². The van der Waals surface area contributed by atoms with Gasteiger partial charge in [0, 0.05) is 0 Å². The maximum Gasteiger partial charge on any atom is -0.0199 e. The van der Waals surface area contributed by atoms with E-state index in [2.05, 4.69) is 0 Å². The summed E-state index contributed by atoms with van der Waals surface area (Å²) in [5.41, 5.74) is 2.48. The summed E-state index contributed by atoms with van der Waals surface area (Å²) in [5.74, 6) is 11.6. The Hall–Kier alpha value is 0. The van der Waals surface area contributed by atoms with Gasteiger partial charge >= 0.3 is 0 Å². The highest BCUT2D eigenvalue weighted by molar-refractivity contribution is 5.21. The van der Waals surface area contributed by atoms with Gasteiger partial charge < -0.3 is 0 Å². The van der Waals surface area contributed by atoms with Gasteiger partial charge in [0.25, 0.3) is 0 Å². The normalized spacial score (nSPS) is 68.8. The second kappa shape index (κ2) is 5.38. The Morgan fingerprint density at radius 2 is 0.733 bits per heavy atom. The van der Waals surface area contributed by atoms with Gasteiger partial charge in [-0.15, -0.1) is 0 Å². The summed E-state index contributed by atoms with van der Waals surface area (Å²) in [7, 11) is 0. The van der Waals surface area contributed by atoms with Crippen LogP contribution in [-0.2, 0) is 0 Å². The molecule has 30 heavy (non-hydrogen) atoms. The SMILES string of the molecule is C1C2CC3CC1CC(C1C4CC5CC(C4)CC1(C14CC6CC(CC(C6)C1)C4)C5)(C2)C3. The molecule has 12 aliphatic carbocycles. The Balaban J connectivity index is 1.21. The van der Waals surface area contributed by atoms with Crippen LogP contribution in [0.4, 0.5) is 0 Å². The van der Waals surface area contributed by atoms with Crippen LogP contribution in [0.15, 0.2) is 0 Å². The van der Waals surface area contributed by atoms with Gasteiger partial charge in [0.05, 0.1) is 0 Å². The predicted octanol–water partition coefficient (Wildman–Crippen LogP) is 7.86. The molecule has 12 saturated carbocycles. The van der Waals surface area contributed by atoms with Crippen LogP contribution in [0.25, 0.3) is 0 Å². The molecule has 0 heteroatoms. The molecular weight excluding hydrogens is 360 g/mol. The Kier molecular flexibility index (Phi) is 3.13. The van der Waals surface area contributed by atoms with E-state index < -0.39 is 0 Å². The third kappa shape index (κ3) is 2.00. The summed E-state index contributed by atoms with van der Waals surface area (Å²) in [6.45, 7) is 0. The molecule has 12 rings (SSSR count). The van der Waals surface area contributed by atoms with E-state index in [1.165, 1.54) is 11.8 Å². The molecule has 0 aromatic carbocycles. The minimum Gasteiger partial charge on any atom is -0.0475 e. The van der Waals surface area contributed by atoms with Crippen LogP contribution >= 0.6 is 0 Å². The molecule has 0 aromatic heterocycles.